The number of likely N-dealkylation sites (N-methyl/N-ethyl adjacent to an activating group) is 1. The second-order valence-corrected chi connectivity index (χ2v) is 4.21. The van der Waals surface area contributed by atoms with Crippen molar-refractivity contribution in [3.05, 3.63) is 30.7 Å². The predicted octanol–water partition coefficient (Wildman–Crippen LogP) is 1.51. The van der Waals surface area contributed by atoms with Gasteiger partial charge in [-0.15, -0.1) is 0 Å². The lowest BCUT2D eigenvalue weighted by Crippen LogP contribution is -2.38. The van der Waals surface area contributed by atoms with Gasteiger partial charge in [-0.3, -0.25) is 4.98 Å². The van der Waals surface area contributed by atoms with Crippen molar-refractivity contribution in [2.75, 3.05) is 19.3 Å². The van der Waals surface area contributed by atoms with Crippen molar-refractivity contribution < 1.29 is 4.74 Å². The number of hydrogen-bond donors (Lipinski definition) is 1. The Balaban J connectivity index is 2.10. The summed E-state index contributed by atoms with van der Waals surface area (Å²) in [5.74, 6) is 1.11. The maximum absolute atomic E-state index is 5.91. The minimum absolute atomic E-state index is 0.139. The molecule has 1 aliphatic heterocycles. The van der Waals surface area contributed by atoms with Gasteiger partial charge in [0.15, 0.2) is 0 Å². The van der Waals surface area contributed by atoms with Crippen LogP contribution in [0.25, 0.3) is 0 Å². The predicted molar refractivity (Wildman–Crippen MR) is 64.0 cm³/mol. The lowest BCUT2D eigenvalue weighted by molar-refractivity contribution is 0.124. The highest BCUT2D eigenvalue weighted by molar-refractivity contribution is 5.49. The van der Waals surface area contributed by atoms with Gasteiger partial charge in [0.2, 0.25) is 0 Å². The van der Waals surface area contributed by atoms with Gasteiger partial charge in [-0.2, -0.15) is 0 Å². The molecule has 2 heterocycles. The first kappa shape index (κ1) is 10.8. The molecule has 0 bridgehead atoms. The van der Waals surface area contributed by atoms with Crippen LogP contribution in [0.1, 0.15) is 6.92 Å². The molecule has 1 aromatic heterocycles. The van der Waals surface area contributed by atoms with E-state index in [-0.39, 0.29) is 6.10 Å². The van der Waals surface area contributed by atoms with E-state index in [0.717, 1.165) is 12.3 Å². The van der Waals surface area contributed by atoms with Gasteiger partial charge in [0, 0.05) is 25.2 Å². The first-order valence-corrected chi connectivity index (χ1v) is 5.41. The van der Waals surface area contributed by atoms with Crippen molar-refractivity contribution in [2.45, 2.75) is 13.0 Å². The number of anilines is 1. The van der Waals surface area contributed by atoms with Crippen LogP contribution in [0.4, 0.5) is 5.69 Å². The molecule has 1 aromatic rings. The Morgan fingerprint density at radius 1 is 1.56 bits per heavy atom. The molecule has 2 rings (SSSR count). The normalized spacial score (nSPS) is 24.5. The van der Waals surface area contributed by atoms with Crippen LogP contribution in [-0.4, -0.2) is 29.6 Å². The number of nitrogen functional groups attached to an aromatic ring is 1. The number of nitrogens with two attached hydrogens (primary N) is 1. The van der Waals surface area contributed by atoms with Crippen molar-refractivity contribution >= 4 is 5.69 Å². The van der Waals surface area contributed by atoms with Crippen LogP contribution in [0.2, 0.25) is 0 Å². The summed E-state index contributed by atoms with van der Waals surface area (Å²) in [5.41, 5.74) is 6.39. The van der Waals surface area contributed by atoms with Gasteiger partial charge >= 0.3 is 0 Å². The fourth-order valence-corrected chi connectivity index (χ4v) is 1.73. The first-order chi connectivity index (χ1) is 7.66. The minimum atomic E-state index is 0.139. The molecule has 2 unspecified atom stereocenters. The monoisotopic (exact) mass is 219 g/mol. The molecule has 1 aliphatic rings. The molecule has 4 nitrogen and oxygen atoms in total. The van der Waals surface area contributed by atoms with Crippen LogP contribution >= 0.6 is 0 Å². The van der Waals surface area contributed by atoms with Crippen LogP contribution in [0, 0.1) is 5.92 Å². The molecule has 0 aliphatic carbocycles. The molecular formula is C12H17N3O. The third kappa shape index (κ3) is 2.27. The van der Waals surface area contributed by atoms with E-state index in [1.807, 2.05) is 7.05 Å². The molecule has 0 amide bonds. The SMILES string of the molecule is CC1C=CN(C)CC1Oc1ccncc1N. The van der Waals surface area contributed by atoms with Gasteiger partial charge in [-0.25, -0.2) is 0 Å². The summed E-state index contributed by atoms with van der Waals surface area (Å²) in [6, 6.07) is 1.81. The molecule has 86 valence electrons. The minimum Gasteiger partial charge on any atom is -0.486 e. The van der Waals surface area contributed by atoms with Crippen LogP contribution in [0.15, 0.2) is 30.7 Å². The van der Waals surface area contributed by atoms with E-state index in [0.29, 0.717) is 11.6 Å². The second-order valence-electron chi connectivity index (χ2n) is 4.21. The maximum Gasteiger partial charge on any atom is 0.145 e. The molecule has 0 spiro atoms. The third-order valence-electron chi connectivity index (χ3n) is 2.79. The zero-order valence-corrected chi connectivity index (χ0v) is 9.63. The summed E-state index contributed by atoms with van der Waals surface area (Å²) in [7, 11) is 2.04. The average Bonchev–Trinajstić information content (AvgIpc) is 2.27. The highest BCUT2D eigenvalue weighted by Crippen LogP contribution is 2.24. The Labute approximate surface area is 95.7 Å². The van der Waals surface area contributed by atoms with Gasteiger partial charge in [0.05, 0.1) is 18.4 Å². The van der Waals surface area contributed by atoms with E-state index in [1.54, 1.807) is 18.5 Å². The summed E-state index contributed by atoms with van der Waals surface area (Å²) in [6.07, 6.45) is 7.67. The van der Waals surface area contributed by atoms with Gasteiger partial charge < -0.3 is 15.4 Å². The smallest absolute Gasteiger partial charge is 0.145 e. The molecule has 0 saturated carbocycles. The average molecular weight is 219 g/mol. The second kappa shape index (κ2) is 4.43. The summed E-state index contributed by atoms with van der Waals surface area (Å²) < 4.78 is 5.91. The molecule has 4 heteroatoms. The number of nitrogens with zero attached hydrogens (tertiary/aromatic N) is 2. The van der Waals surface area contributed by atoms with Crippen molar-refractivity contribution in [3.63, 3.8) is 0 Å². The van der Waals surface area contributed by atoms with E-state index in [1.165, 1.54) is 0 Å². The largest absolute Gasteiger partial charge is 0.486 e. The summed E-state index contributed by atoms with van der Waals surface area (Å²) >= 11 is 0. The van der Waals surface area contributed by atoms with Crippen LogP contribution in [0.5, 0.6) is 5.75 Å². The quantitative estimate of drug-likeness (QED) is 0.819. The molecule has 2 atom stereocenters. The van der Waals surface area contributed by atoms with Crippen LogP contribution in [-0.2, 0) is 0 Å². The van der Waals surface area contributed by atoms with Crippen LogP contribution in [0.3, 0.4) is 0 Å². The number of hydrogen-bond acceptors (Lipinski definition) is 4. The highest BCUT2D eigenvalue weighted by atomic mass is 16.5. The Hall–Kier alpha value is -1.71. The van der Waals surface area contributed by atoms with Crippen molar-refractivity contribution in [3.8, 4) is 5.75 Å². The van der Waals surface area contributed by atoms with Gasteiger partial charge in [0.1, 0.15) is 11.9 Å². The lowest BCUT2D eigenvalue weighted by Gasteiger charge is -2.31. The van der Waals surface area contributed by atoms with E-state index in [9.17, 15) is 0 Å². The first-order valence-electron chi connectivity index (χ1n) is 5.41. The Kier molecular flexibility index (Phi) is 2.99. The van der Waals surface area contributed by atoms with E-state index in [2.05, 4.69) is 29.1 Å². The Morgan fingerprint density at radius 2 is 2.38 bits per heavy atom. The summed E-state index contributed by atoms with van der Waals surface area (Å²) in [4.78, 5) is 6.06. The topological polar surface area (TPSA) is 51.4 Å². The maximum atomic E-state index is 5.91. The van der Waals surface area contributed by atoms with Gasteiger partial charge in [0.25, 0.3) is 0 Å². The highest BCUT2D eigenvalue weighted by Gasteiger charge is 2.22. The number of rotatable bonds is 2. The van der Waals surface area contributed by atoms with Crippen LogP contribution < -0.4 is 10.5 Å². The molecule has 0 radical (unpaired) electrons. The fraction of sp³-hybridized carbons (Fsp3) is 0.417. The standard InChI is InChI=1S/C12H17N3O/c1-9-4-6-15(2)8-12(9)16-11-3-5-14-7-10(11)13/h3-7,9,12H,8,13H2,1-2H3. The van der Waals surface area contributed by atoms with E-state index >= 15 is 0 Å². The fourth-order valence-electron chi connectivity index (χ4n) is 1.73. The number of pyridine rings is 1. The van der Waals surface area contributed by atoms with E-state index < -0.39 is 0 Å². The molecule has 16 heavy (non-hydrogen) atoms. The van der Waals surface area contributed by atoms with Crippen molar-refractivity contribution in [1.82, 2.24) is 9.88 Å². The summed E-state index contributed by atoms with van der Waals surface area (Å²) in [6.45, 7) is 3.02. The third-order valence-corrected chi connectivity index (χ3v) is 2.79. The van der Waals surface area contributed by atoms with Gasteiger partial charge in [-0.05, 0) is 6.20 Å². The molecule has 2 N–H and O–H groups in total. The van der Waals surface area contributed by atoms with Crippen molar-refractivity contribution in [2.24, 2.45) is 5.92 Å². The van der Waals surface area contributed by atoms with Gasteiger partial charge in [-0.1, -0.05) is 13.0 Å². The Morgan fingerprint density at radius 3 is 3.12 bits per heavy atom. The molecule has 0 saturated heterocycles. The molecular weight excluding hydrogens is 202 g/mol. The zero-order valence-electron chi connectivity index (χ0n) is 9.63. The lowest BCUT2D eigenvalue weighted by atomic mass is 10.0. The number of aromatic nitrogens is 1. The summed E-state index contributed by atoms with van der Waals surface area (Å²) in [5, 5.41) is 0. The zero-order chi connectivity index (χ0) is 11.5. The number of ether oxygens (including phenoxy) is 1. The molecule has 0 fully saturated rings. The van der Waals surface area contributed by atoms with Crippen molar-refractivity contribution in [1.29, 1.82) is 0 Å². The van der Waals surface area contributed by atoms with E-state index in [4.69, 9.17) is 10.5 Å². The molecule has 0 aromatic carbocycles. The Bertz CT molecular complexity index is 392.